The molecule has 0 N–H and O–H groups in total. The Kier molecular flexibility index (Phi) is 5.83. The van der Waals surface area contributed by atoms with Crippen molar-refractivity contribution in [2.75, 3.05) is 37.6 Å². The number of aryl methyl sites for hydroxylation is 1. The summed E-state index contributed by atoms with van der Waals surface area (Å²) in [4.78, 5) is 31.6. The summed E-state index contributed by atoms with van der Waals surface area (Å²) in [6.07, 6.45) is 0.215. The van der Waals surface area contributed by atoms with E-state index in [1.54, 1.807) is 28.8 Å². The van der Waals surface area contributed by atoms with Crippen molar-refractivity contribution in [2.24, 2.45) is 7.05 Å². The lowest BCUT2D eigenvalue weighted by molar-refractivity contribution is 0.0222. The van der Waals surface area contributed by atoms with Gasteiger partial charge in [0.2, 0.25) is 0 Å². The highest BCUT2D eigenvalue weighted by molar-refractivity contribution is 5.94. The maximum atomic E-state index is 13.4. The summed E-state index contributed by atoms with van der Waals surface area (Å²) in [6.45, 7) is 8.80. The summed E-state index contributed by atoms with van der Waals surface area (Å²) >= 11 is 0. The molecule has 2 amide bonds. The molecule has 2 aliphatic heterocycles. The van der Waals surface area contributed by atoms with Crippen molar-refractivity contribution < 1.29 is 18.7 Å². The lowest BCUT2D eigenvalue weighted by Gasteiger charge is -2.36. The van der Waals surface area contributed by atoms with E-state index in [1.807, 2.05) is 25.7 Å². The van der Waals surface area contributed by atoms with Gasteiger partial charge in [-0.15, -0.1) is 0 Å². The summed E-state index contributed by atoms with van der Waals surface area (Å²) in [5, 5.41) is 4.55. The lowest BCUT2D eigenvalue weighted by atomic mass is 10.0. The number of carbonyl (C=O) groups excluding carboxylic acids is 2. The summed E-state index contributed by atoms with van der Waals surface area (Å²) in [5.74, 6) is -0.338. The highest BCUT2D eigenvalue weighted by Crippen LogP contribution is 2.25. The number of hydrogen-bond acceptors (Lipinski definition) is 5. The zero-order valence-corrected chi connectivity index (χ0v) is 19.1. The number of anilines is 1. The van der Waals surface area contributed by atoms with E-state index in [0.717, 1.165) is 16.9 Å². The Morgan fingerprint density at radius 3 is 2.28 bits per heavy atom. The van der Waals surface area contributed by atoms with Crippen molar-refractivity contribution in [1.82, 2.24) is 19.6 Å². The van der Waals surface area contributed by atoms with Gasteiger partial charge >= 0.3 is 6.09 Å². The molecular formula is C23H30FN5O3. The average molecular weight is 444 g/mol. The van der Waals surface area contributed by atoms with Crippen molar-refractivity contribution in [2.45, 2.75) is 39.3 Å². The van der Waals surface area contributed by atoms with Crippen LogP contribution in [0.3, 0.4) is 0 Å². The van der Waals surface area contributed by atoms with Gasteiger partial charge in [-0.2, -0.15) is 5.10 Å². The number of amides is 2. The van der Waals surface area contributed by atoms with Crippen molar-refractivity contribution in [3.63, 3.8) is 0 Å². The largest absolute Gasteiger partial charge is 0.444 e. The van der Waals surface area contributed by atoms with Gasteiger partial charge in [0.1, 0.15) is 17.1 Å². The quantitative estimate of drug-likeness (QED) is 0.714. The van der Waals surface area contributed by atoms with Crippen molar-refractivity contribution >= 4 is 17.7 Å². The molecule has 0 atom stereocenters. The fourth-order valence-electron chi connectivity index (χ4n) is 4.22. The maximum Gasteiger partial charge on any atom is 0.410 e. The van der Waals surface area contributed by atoms with Crippen LogP contribution in [0.4, 0.5) is 14.9 Å². The molecule has 0 aliphatic carbocycles. The number of fused-ring (bicyclic) bond motifs is 1. The standard InChI is InChI=1S/C23H30FN5O3/c1-23(2,3)32-22(31)29-10-9-19-18(15-29)20(26(4)25-19)21(30)28-13-11-27(12-14-28)17-7-5-16(24)6-8-17/h5-8H,9-15H2,1-4H3. The maximum absolute atomic E-state index is 13.4. The number of carbonyl (C=O) groups is 2. The third-order valence-electron chi connectivity index (χ3n) is 5.81. The van der Waals surface area contributed by atoms with Crippen LogP contribution in [0.2, 0.25) is 0 Å². The number of nitrogens with zero attached hydrogens (tertiary/aromatic N) is 5. The van der Waals surface area contributed by atoms with E-state index in [0.29, 0.717) is 51.4 Å². The molecule has 8 nitrogen and oxygen atoms in total. The molecule has 0 bridgehead atoms. The van der Waals surface area contributed by atoms with Crippen LogP contribution in [0.15, 0.2) is 24.3 Å². The Bertz CT molecular complexity index is 1000. The minimum atomic E-state index is -0.574. The molecule has 1 aromatic heterocycles. The van der Waals surface area contributed by atoms with Gasteiger partial charge in [-0.3, -0.25) is 9.48 Å². The molecule has 1 aromatic carbocycles. The number of rotatable bonds is 2. The van der Waals surface area contributed by atoms with E-state index in [1.165, 1.54) is 12.1 Å². The van der Waals surface area contributed by atoms with Gasteiger partial charge in [0.05, 0.1) is 12.2 Å². The van der Waals surface area contributed by atoms with Crippen LogP contribution in [0.5, 0.6) is 0 Å². The fourth-order valence-corrected chi connectivity index (χ4v) is 4.22. The second-order valence-electron chi connectivity index (χ2n) is 9.31. The molecule has 32 heavy (non-hydrogen) atoms. The zero-order chi connectivity index (χ0) is 23.0. The highest BCUT2D eigenvalue weighted by atomic mass is 19.1. The molecule has 2 aromatic rings. The molecular weight excluding hydrogens is 413 g/mol. The molecule has 4 rings (SSSR count). The van der Waals surface area contributed by atoms with Gasteiger partial charge in [-0.25, -0.2) is 9.18 Å². The van der Waals surface area contributed by atoms with Crippen LogP contribution >= 0.6 is 0 Å². The molecule has 0 saturated carbocycles. The number of ether oxygens (including phenoxy) is 1. The highest BCUT2D eigenvalue weighted by Gasteiger charge is 2.33. The lowest BCUT2D eigenvalue weighted by Crippen LogP contribution is -2.49. The van der Waals surface area contributed by atoms with Gasteiger partial charge in [0, 0.05) is 57.4 Å². The number of aromatic nitrogens is 2. The van der Waals surface area contributed by atoms with Gasteiger partial charge in [0.25, 0.3) is 5.91 Å². The Labute approximate surface area is 187 Å². The summed E-state index contributed by atoms with van der Waals surface area (Å²) < 4.78 is 20.4. The molecule has 0 radical (unpaired) electrons. The molecule has 1 fully saturated rings. The normalized spacial score (nSPS) is 16.7. The van der Waals surface area contributed by atoms with E-state index in [4.69, 9.17) is 4.74 Å². The van der Waals surface area contributed by atoms with E-state index < -0.39 is 5.60 Å². The summed E-state index contributed by atoms with van der Waals surface area (Å²) in [6, 6.07) is 6.42. The molecule has 0 unspecified atom stereocenters. The topological polar surface area (TPSA) is 70.9 Å². The fraction of sp³-hybridized carbons (Fsp3) is 0.522. The van der Waals surface area contributed by atoms with Crippen LogP contribution in [0.1, 0.15) is 42.5 Å². The van der Waals surface area contributed by atoms with Crippen molar-refractivity contribution in [3.8, 4) is 0 Å². The Morgan fingerprint density at radius 2 is 1.66 bits per heavy atom. The van der Waals surface area contributed by atoms with E-state index in [9.17, 15) is 14.0 Å². The van der Waals surface area contributed by atoms with Crippen LogP contribution < -0.4 is 4.90 Å². The van der Waals surface area contributed by atoms with Gasteiger partial charge in [0.15, 0.2) is 0 Å². The first-order chi connectivity index (χ1) is 15.1. The third kappa shape index (κ3) is 4.56. The van der Waals surface area contributed by atoms with Gasteiger partial charge in [-0.05, 0) is 45.0 Å². The Balaban J connectivity index is 1.46. The van der Waals surface area contributed by atoms with Crippen molar-refractivity contribution in [1.29, 1.82) is 0 Å². The molecule has 172 valence electrons. The van der Waals surface area contributed by atoms with Crippen molar-refractivity contribution in [3.05, 3.63) is 47.0 Å². The average Bonchev–Trinajstić information content (AvgIpc) is 3.07. The molecule has 2 aliphatic rings. The van der Waals surface area contributed by atoms with Crippen LogP contribution in [-0.4, -0.2) is 69.9 Å². The first kappa shape index (κ1) is 22.1. The minimum Gasteiger partial charge on any atom is -0.444 e. The van der Waals surface area contributed by atoms with E-state index in [2.05, 4.69) is 10.00 Å². The number of halogens is 1. The molecule has 3 heterocycles. The SMILES string of the molecule is Cn1nc2c(c1C(=O)N1CCN(c3ccc(F)cc3)CC1)CN(C(=O)OC(C)(C)C)CC2. The monoisotopic (exact) mass is 443 g/mol. The van der Waals surface area contributed by atoms with Crippen LogP contribution in [0, 0.1) is 5.82 Å². The first-order valence-electron chi connectivity index (χ1n) is 10.9. The number of hydrogen-bond donors (Lipinski definition) is 0. The number of piperazine rings is 1. The van der Waals surface area contributed by atoms with Crippen LogP contribution in [0.25, 0.3) is 0 Å². The molecule has 9 heteroatoms. The Morgan fingerprint density at radius 1 is 1.00 bits per heavy atom. The van der Waals surface area contributed by atoms with E-state index in [-0.39, 0.29) is 17.8 Å². The molecule has 0 spiro atoms. The minimum absolute atomic E-state index is 0.0777. The first-order valence-corrected chi connectivity index (χ1v) is 10.9. The Hall–Kier alpha value is -3.10. The van der Waals surface area contributed by atoms with Crippen LogP contribution in [-0.2, 0) is 24.8 Å². The predicted molar refractivity (Wildman–Crippen MR) is 118 cm³/mol. The van der Waals surface area contributed by atoms with Gasteiger partial charge in [-0.1, -0.05) is 0 Å². The third-order valence-corrected chi connectivity index (χ3v) is 5.81. The summed E-state index contributed by atoms with van der Waals surface area (Å²) in [5.41, 5.74) is 2.57. The molecule has 1 saturated heterocycles. The summed E-state index contributed by atoms with van der Waals surface area (Å²) in [7, 11) is 1.78. The number of benzene rings is 1. The zero-order valence-electron chi connectivity index (χ0n) is 19.1. The smallest absolute Gasteiger partial charge is 0.410 e. The second-order valence-corrected chi connectivity index (χ2v) is 9.31. The predicted octanol–water partition coefficient (Wildman–Crippen LogP) is 2.81. The van der Waals surface area contributed by atoms with E-state index >= 15 is 0 Å². The second kappa shape index (κ2) is 8.44. The van der Waals surface area contributed by atoms with Gasteiger partial charge < -0.3 is 19.4 Å².